The second-order valence-corrected chi connectivity index (χ2v) is 3.32. The van der Waals surface area contributed by atoms with E-state index in [1.807, 2.05) is 0 Å². The van der Waals surface area contributed by atoms with Crippen LogP contribution in [0, 0.1) is 5.82 Å². The Balaban J connectivity index is 2.52. The molecule has 5 nitrogen and oxygen atoms in total. The second-order valence-electron chi connectivity index (χ2n) is 3.32. The summed E-state index contributed by atoms with van der Waals surface area (Å²) in [4.78, 5) is 8.15. The fraction of sp³-hybridized carbons (Fsp3) is 0.273. The Labute approximate surface area is 98.0 Å². The number of amidine groups is 1. The largest absolute Gasteiger partial charge is 0.468 e. The number of aliphatic imine (C=N–C) groups is 2. The van der Waals surface area contributed by atoms with Gasteiger partial charge in [0.15, 0.2) is 0 Å². The van der Waals surface area contributed by atoms with E-state index >= 15 is 0 Å². The second kappa shape index (κ2) is 4.50. The summed E-state index contributed by atoms with van der Waals surface area (Å²) in [5, 5.41) is 2.68. The fourth-order valence-corrected chi connectivity index (χ4v) is 1.54. The van der Waals surface area contributed by atoms with Crippen LogP contribution >= 0.6 is 0 Å². The highest BCUT2D eigenvalue weighted by molar-refractivity contribution is 5.87. The number of ether oxygens (including phenoxy) is 2. The van der Waals surface area contributed by atoms with Gasteiger partial charge < -0.3 is 14.8 Å². The van der Waals surface area contributed by atoms with Crippen molar-refractivity contribution in [2.75, 3.05) is 14.2 Å². The zero-order valence-electron chi connectivity index (χ0n) is 9.48. The highest BCUT2D eigenvalue weighted by Crippen LogP contribution is 2.31. The predicted octanol–water partition coefficient (Wildman–Crippen LogP) is 1.22. The lowest BCUT2D eigenvalue weighted by atomic mass is 10.1. The number of nitrogens with zero attached hydrogens (tertiary/aromatic N) is 2. The van der Waals surface area contributed by atoms with Crippen molar-refractivity contribution in [2.24, 2.45) is 9.98 Å². The van der Waals surface area contributed by atoms with E-state index in [9.17, 15) is 4.39 Å². The van der Waals surface area contributed by atoms with Crippen LogP contribution in [0.4, 0.5) is 4.39 Å². The van der Waals surface area contributed by atoms with Crippen LogP contribution in [0.15, 0.2) is 34.3 Å². The van der Waals surface area contributed by atoms with Crippen LogP contribution in [-0.4, -0.2) is 26.6 Å². The SMILES string of the molecule is COC1=NC(OC)(c2ccccc2F)N=CN1. The lowest BCUT2D eigenvalue weighted by molar-refractivity contribution is -0.00519. The first kappa shape index (κ1) is 11.5. The monoisotopic (exact) mass is 237 g/mol. The molecule has 0 bridgehead atoms. The molecule has 0 spiro atoms. The normalized spacial score (nSPS) is 22.9. The molecule has 90 valence electrons. The van der Waals surface area contributed by atoms with E-state index in [0.717, 1.165) is 0 Å². The Morgan fingerprint density at radius 3 is 2.71 bits per heavy atom. The van der Waals surface area contributed by atoms with Crippen LogP contribution in [0.3, 0.4) is 0 Å². The van der Waals surface area contributed by atoms with E-state index in [0.29, 0.717) is 0 Å². The zero-order chi connectivity index (χ0) is 12.3. The molecule has 1 atom stereocenters. The van der Waals surface area contributed by atoms with Gasteiger partial charge in [0.25, 0.3) is 11.9 Å². The van der Waals surface area contributed by atoms with Gasteiger partial charge in [0.1, 0.15) is 5.82 Å². The molecular weight excluding hydrogens is 225 g/mol. The molecule has 0 saturated heterocycles. The van der Waals surface area contributed by atoms with Crippen molar-refractivity contribution in [3.8, 4) is 0 Å². The molecular formula is C11H12FN3O2. The molecule has 1 aromatic rings. The number of hydrogen-bond donors (Lipinski definition) is 1. The number of hydrogen-bond acceptors (Lipinski definition) is 5. The van der Waals surface area contributed by atoms with Crippen molar-refractivity contribution in [3.05, 3.63) is 35.6 Å². The first-order chi connectivity index (χ1) is 8.22. The van der Waals surface area contributed by atoms with E-state index in [1.54, 1.807) is 18.2 Å². The molecule has 1 N–H and O–H groups in total. The quantitative estimate of drug-likeness (QED) is 0.841. The Morgan fingerprint density at radius 2 is 2.06 bits per heavy atom. The summed E-state index contributed by atoms with van der Waals surface area (Å²) in [6.07, 6.45) is 1.36. The average Bonchev–Trinajstić information content (AvgIpc) is 2.39. The Morgan fingerprint density at radius 1 is 1.29 bits per heavy atom. The molecule has 0 saturated carbocycles. The fourth-order valence-electron chi connectivity index (χ4n) is 1.54. The van der Waals surface area contributed by atoms with Crippen molar-refractivity contribution in [1.29, 1.82) is 0 Å². The minimum Gasteiger partial charge on any atom is -0.468 e. The van der Waals surface area contributed by atoms with Gasteiger partial charge in [-0.25, -0.2) is 9.38 Å². The molecule has 0 amide bonds. The van der Waals surface area contributed by atoms with Gasteiger partial charge in [-0.15, -0.1) is 0 Å². The highest BCUT2D eigenvalue weighted by atomic mass is 19.1. The van der Waals surface area contributed by atoms with Gasteiger partial charge in [-0.2, -0.15) is 4.99 Å². The summed E-state index contributed by atoms with van der Waals surface area (Å²) in [5.41, 5.74) is 0.231. The molecule has 6 heteroatoms. The molecule has 1 aliphatic rings. The third-order valence-corrected chi connectivity index (χ3v) is 2.38. The van der Waals surface area contributed by atoms with Crippen LogP contribution in [0.2, 0.25) is 0 Å². The third kappa shape index (κ3) is 1.99. The van der Waals surface area contributed by atoms with Crippen LogP contribution in [0.5, 0.6) is 0 Å². The third-order valence-electron chi connectivity index (χ3n) is 2.38. The summed E-state index contributed by atoms with van der Waals surface area (Å²) < 4.78 is 23.9. The van der Waals surface area contributed by atoms with E-state index in [4.69, 9.17) is 9.47 Å². The zero-order valence-corrected chi connectivity index (χ0v) is 9.48. The van der Waals surface area contributed by atoms with Gasteiger partial charge in [0.2, 0.25) is 0 Å². The van der Waals surface area contributed by atoms with Crippen molar-refractivity contribution < 1.29 is 13.9 Å². The molecule has 2 rings (SSSR count). The van der Waals surface area contributed by atoms with E-state index < -0.39 is 11.7 Å². The molecule has 1 heterocycles. The molecule has 0 fully saturated rings. The number of benzene rings is 1. The Bertz CT molecular complexity index is 476. The molecule has 0 aliphatic carbocycles. The van der Waals surface area contributed by atoms with Gasteiger partial charge in [0.05, 0.1) is 19.0 Å². The summed E-state index contributed by atoms with van der Waals surface area (Å²) in [6.45, 7) is 0. The smallest absolute Gasteiger partial charge is 0.294 e. The Hall–Kier alpha value is -1.95. The maximum absolute atomic E-state index is 13.8. The molecule has 1 aromatic carbocycles. The molecule has 0 radical (unpaired) electrons. The summed E-state index contributed by atoms with van der Waals surface area (Å²) in [7, 11) is 2.86. The molecule has 1 unspecified atom stereocenters. The summed E-state index contributed by atoms with van der Waals surface area (Å²) in [5.74, 6) is -1.87. The van der Waals surface area contributed by atoms with E-state index in [2.05, 4.69) is 15.3 Å². The van der Waals surface area contributed by atoms with Crippen LogP contribution in [0.25, 0.3) is 0 Å². The van der Waals surface area contributed by atoms with Crippen LogP contribution in [0.1, 0.15) is 5.56 Å². The Kier molecular flexibility index (Phi) is 3.06. The molecule has 17 heavy (non-hydrogen) atoms. The number of methoxy groups -OCH3 is 2. The number of nitrogens with one attached hydrogen (secondary N) is 1. The number of rotatable bonds is 2. The lowest BCUT2D eigenvalue weighted by Gasteiger charge is -2.27. The minimum absolute atomic E-state index is 0.213. The van der Waals surface area contributed by atoms with Gasteiger partial charge >= 0.3 is 0 Å². The number of halogens is 1. The molecule has 1 aliphatic heterocycles. The van der Waals surface area contributed by atoms with Crippen molar-refractivity contribution in [1.82, 2.24) is 5.32 Å². The van der Waals surface area contributed by atoms with Crippen molar-refractivity contribution in [2.45, 2.75) is 5.85 Å². The van der Waals surface area contributed by atoms with E-state index in [-0.39, 0.29) is 11.6 Å². The summed E-state index contributed by atoms with van der Waals surface area (Å²) >= 11 is 0. The first-order valence-electron chi connectivity index (χ1n) is 4.96. The minimum atomic E-state index is -1.43. The average molecular weight is 237 g/mol. The lowest BCUT2D eigenvalue weighted by Crippen LogP contribution is -2.37. The summed E-state index contributed by atoms with van der Waals surface area (Å²) in [6, 6.07) is 6.39. The van der Waals surface area contributed by atoms with Crippen LogP contribution in [-0.2, 0) is 15.3 Å². The highest BCUT2D eigenvalue weighted by Gasteiger charge is 2.36. The maximum Gasteiger partial charge on any atom is 0.294 e. The van der Waals surface area contributed by atoms with Crippen molar-refractivity contribution >= 4 is 12.4 Å². The van der Waals surface area contributed by atoms with Gasteiger partial charge in [-0.1, -0.05) is 12.1 Å². The topological polar surface area (TPSA) is 55.2 Å². The van der Waals surface area contributed by atoms with Gasteiger partial charge in [-0.05, 0) is 12.1 Å². The van der Waals surface area contributed by atoms with Crippen LogP contribution < -0.4 is 5.32 Å². The van der Waals surface area contributed by atoms with E-state index in [1.165, 1.54) is 26.6 Å². The predicted molar refractivity (Wildman–Crippen MR) is 61.2 cm³/mol. The first-order valence-corrected chi connectivity index (χ1v) is 4.96. The molecule has 0 aromatic heterocycles. The van der Waals surface area contributed by atoms with Gasteiger partial charge in [-0.3, -0.25) is 0 Å². The maximum atomic E-state index is 13.8. The standard InChI is InChI=1S/C11H12FN3O2/c1-16-10-13-7-14-11(15-10,17-2)8-5-3-4-6-9(8)12/h3-7H,1-2H3,(H,13,14,15). The van der Waals surface area contributed by atoms with Crippen molar-refractivity contribution in [3.63, 3.8) is 0 Å². The van der Waals surface area contributed by atoms with Gasteiger partial charge in [0, 0.05) is 7.11 Å².